The summed E-state index contributed by atoms with van der Waals surface area (Å²) in [6, 6.07) is 10.2. The predicted molar refractivity (Wildman–Crippen MR) is 111 cm³/mol. The third kappa shape index (κ3) is 8.73. The number of alkyl halides is 3. The third-order valence-corrected chi connectivity index (χ3v) is 4.78. The number of hydrogen-bond donors (Lipinski definition) is 2. The molecule has 182 valence electrons. The van der Waals surface area contributed by atoms with Gasteiger partial charge in [0.15, 0.2) is 0 Å². The fraction of sp³-hybridized carbons (Fsp3) is 0.476. The third-order valence-electron chi connectivity index (χ3n) is 4.78. The molecule has 0 aliphatic carbocycles. The van der Waals surface area contributed by atoms with E-state index in [0.717, 1.165) is 31.9 Å². The highest BCUT2D eigenvalue weighted by atomic mass is 19.4. The van der Waals surface area contributed by atoms with Crippen molar-refractivity contribution < 1.29 is 37.3 Å². The maximum absolute atomic E-state index is 11.7. The summed E-state index contributed by atoms with van der Waals surface area (Å²) >= 11 is 0. The van der Waals surface area contributed by atoms with Crippen molar-refractivity contribution in [3.63, 3.8) is 0 Å². The van der Waals surface area contributed by atoms with Crippen LogP contribution in [0.4, 0.5) is 13.2 Å². The Morgan fingerprint density at radius 1 is 1.24 bits per heavy atom. The number of carbonyl (C=O) groups excluding carboxylic acids is 1. The summed E-state index contributed by atoms with van der Waals surface area (Å²) in [5.74, 6) is -1.70. The predicted octanol–water partition coefficient (Wildman–Crippen LogP) is 1.92. The molecule has 0 fully saturated rings. The molecule has 1 aliphatic heterocycles. The molecule has 9 nitrogen and oxygen atoms in total. The molecule has 3 rings (SSSR count). The smallest absolute Gasteiger partial charge is 0.490 e. The highest BCUT2D eigenvalue weighted by Gasteiger charge is 2.38. The summed E-state index contributed by atoms with van der Waals surface area (Å²) in [5, 5.41) is 14.5. The second-order valence-electron chi connectivity index (χ2n) is 7.43. The number of aliphatic carboxylic acids is 1. The number of carbonyl (C=O) groups is 2. The largest absolute Gasteiger partial charge is 0.497 e. The van der Waals surface area contributed by atoms with Gasteiger partial charge in [0.25, 0.3) is 0 Å². The summed E-state index contributed by atoms with van der Waals surface area (Å²) in [6.45, 7) is 4.03. The first-order chi connectivity index (χ1) is 15.6. The number of amides is 1. The minimum absolute atomic E-state index is 0.0863. The normalized spacial score (nSPS) is 16.1. The Balaban J connectivity index is 0.000000479. The van der Waals surface area contributed by atoms with Crippen molar-refractivity contribution in [2.45, 2.75) is 25.8 Å². The first kappa shape index (κ1) is 26.1. The van der Waals surface area contributed by atoms with E-state index >= 15 is 0 Å². The van der Waals surface area contributed by atoms with Gasteiger partial charge in [-0.3, -0.25) is 14.4 Å². The minimum Gasteiger partial charge on any atom is -0.497 e. The standard InChI is InChI=1S/C19H26N4O3.C2HF3O2/c1-25-14-19(24)20-9-16-11-22(13-17-6-7-21-23(17)12-16)10-15-4-3-5-18(8-15)26-2;3-2(4,5)1(6)7/h3-8,16H,9-14H2,1-2H3,(H,20,24);(H,6,7). The molecule has 1 amide bonds. The van der Waals surface area contributed by atoms with E-state index in [9.17, 15) is 18.0 Å². The van der Waals surface area contributed by atoms with Gasteiger partial charge in [0.1, 0.15) is 12.4 Å². The van der Waals surface area contributed by atoms with Crippen LogP contribution in [-0.4, -0.2) is 71.8 Å². The number of carboxylic acid groups (broad SMARTS) is 1. The van der Waals surface area contributed by atoms with Crippen molar-refractivity contribution in [1.29, 1.82) is 0 Å². The lowest BCUT2D eigenvalue weighted by Gasteiger charge is -2.24. The molecular weight excluding hydrogens is 445 g/mol. The quantitative estimate of drug-likeness (QED) is 0.634. The average molecular weight is 472 g/mol. The van der Waals surface area contributed by atoms with Gasteiger partial charge in [-0.25, -0.2) is 4.79 Å². The van der Waals surface area contributed by atoms with Gasteiger partial charge in [0.2, 0.25) is 5.91 Å². The van der Waals surface area contributed by atoms with Crippen molar-refractivity contribution in [3.8, 4) is 5.75 Å². The molecule has 2 N–H and O–H groups in total. The van der Waals surface area contributed by atoms with Crippen LogP contribution >= 0.6 is 0 Å². The summed E-state index contributed by atoms with van der Waals surface area (Å²) in [6.07, 6.45) is -3.25. The van der Waals surface area contributed by atoms with E-state index in [1.807, 2.05) is 23.0 Å². The number of halogens is 3. The lowest BCUT2D eigenvalue weighted by atomic mass is 10.1. The Labute approximate surface area is 189 Å². The van der Waals surface area contributed by atoms with Crippen LogP contribution < -0.4 is 10.1 Å². The number of rotatable bonds is 7. The Bertz CT molecular complexity index is 919. The van der Waals surface area contributed by atoms with Crippen LogP contribution in [0, 0.1) is 5.92 Å². The molecule has 2 aromatic rings. The van der Waals surface area contributed by atoms with Crippen LogP contribution in [0.3, 0.4) is 0 Å². The lowest BCUT2D eigenvalue weighted by Crippen LogP contribution is -2.37. The molecule has 0 saturated heterocycles. The number of aromatic nitrogens is 2. The highest BCUT2D eigenvalue weighted by molar-refractivity contribution is 5.77. The maximum atomic E-state index is 11.7. The van der Waals surface area contributed by atoms with Gasteiger partial charge in [-0.1, -0.05) is 12.1 Å². The van der Waals surface area contributed by atoms with E-state index in [2.05, 4.69) is 33.5 Å². The second-order valence-corrected chi connectivity index (χ2v) is 7.43. The molecule has 33 heavy (non-hydrogen) atoms. The van der Waals surface area contributed by atoms with Crippen molar-refractivity contribution in [2.24, 2.45) is 5.92 Å². The monoisotopic (exact) mass is 472 g/mol. The lowest BCUT2D eigenvalue weighted by molar-refractivity contribution is -0.192. The van der Waals surface area contributed by atoms with Crippen molar-refractivity contribution in [2.75, 3.05) is 33.9 Å². The molecule has 0 saturated carbocycles. The molecular formula is C21H27F3N4O5. The zero-order valence-electron chi connectivity index (χ0n) is 18.3. The molecule has 1 unspecified atom stereocenters. The SMILES string of the molecule is COCC(=O)NCC1CN(Cc2cccc(OC)c2)Cc2ccnn2C1.O=C(O)C(F)(F)F. The van der Waals surface area contributed by atoms with Crippen LogP contribution in [-0.2, 0) is 34.0 Å². The zero-order chi connectivity index (χ0) is 24.4. The fourth-order valence-corrected chi connectivity index (χ4v) is 3.34. The Morgan fingerprint density at radius 3 is 2.61 bits per heavy atom. The van der Waals surface area contributed by atoms with E-state index in [4.69, 9.17) is 19.4 Å². The number of fused-ring (bicyclic) bond motifs is 1. The number of hydrogen-bond acceptors (Lipinski definition) is 6. The maximum Gasteiger partial charge on any atom is 0.490 e. The molecule has 0 radical (unpaired) electrons. The number of nitrogens with one attached hydrogen (secondary N) is 1. The van der Waals surface area contributed by atoms with Crippen LogP contribution in [0.2, 0.25) is 0 Å². The van der Waals surface area contributed by atoms with Crippen LogP contribution in [0.1, 0.15) is 11.3 Å². The van der Waals surface area contributed by atoms with Gasteiger partial charge in [0, 0.05) is 51.9 Å². The van der Waals surface area contributed by atoms with Gasteiger partial charge >= 0.3 is 12.1 Å². The average Bonchev–Trinajstić information content (AvgIpc) is 3.11. The molecule has 1 aromatic carbocycles. The van der Waals surface area contributed by atoms with Crippen molar-refractivity contribution in [1.82, 2.24) is 20.0 Å². The summed E-state index contributed by atoms with van der Waals surface area (Å²) in [4.78, 5) is 23.0. The number of ether oxygens (including phenoxy) is 2. The number of nitrogens with zero attached hydrogens (tertiary/aromatic N) is 3. The van der Waals surface area contributed by atoms with Gasteiger partial charge in [0.05, 0.1) is 12.8 Å². The highest BCUT2D eigenvalue weighted by Crippen LogP contribution is 2.20. The first-order valence-corrected chi connectivity index (χ1v) is 10.0. The van der Waals surface area contributed by atoms with Crippen LogP contribution in [0.5, 0.6) is 5.75 Å². The van der Waals surface area contributed by atoms with Gasteiger partial charge < -0.3 is 19.9 Å². The van der Waals surface area contributed by atoms with E-state index in [1.165, 1.54) is 18.4 Å². The molecule has 1 aliphatic rings. The zero-order valence-corrected chi connectivity index (χ0v) is 18.3. The Morgan fingerprint density at radius 2 is 1.97 bits per heavy atom. The summed E-state index contributed by atoms with van der Waals surface area (Å²) in [7, 11) is 3.21. The molecule has 1 aromatic heterocycles. The Hall–Kier alpha value is -3.12. The molecule has 0 bridgehead atoms. The number of methoxy groups -OCH3 is 2. The van der Waals surface area contributed by atoms with Crippen LogP contribution in [0.15, 0.2) is 36.5 Å². The van der Waals surface area contributed by atoms with Crippen molar-refractivity contribution in [3.05, 3.63) is 47.8 Å². The van der Waals surface area contributed by atoms with E-state index in [0.29, 0.717) is 6.54 Å². The van der Waals surface area contributed by atoms with Gasteiger partial charge in [-0.05, 0) is 23.8 Å². The minimum atomic E-state index is -5.08. The topological polar surface area (TPSA) is 106 Å². The van der Waals surface area contributed by atoms with E-state index < -0.39 is 12.1 Å². The van der Waals surface area contributed by atoms with E-state index in [1.54, 1.807) is 7.11 Å². The van der Waals surface area contributed by atoms with Crippen molar-refractivity contribution >= 4 is 11.9 Å². The number of benzene rings is 1. The van der Waals surface area contributed by atoms with Gasteiger partial charge in [-0.2, -0.15) is 18.3 Å². The first-order valence-electron chi connectivity index (χ1n) is 10.0. The Kier molecular flexibility index (Phi) is 9.67. The molecule has 0 spiro atoms. The van der Waals surface area contributed by atoms with Crippen LogP contribution in [0.25, 0.3) is 0 Å². The molecule has 1 atom stereocenters. The molecule has 2 heterocycles. The fourth-order valence-electron chi connectivity index (χ4n) is 3.34. The summed E-state index contributed by atoms with van der Waals surface area (Å²) in [5.41, 5.74) is 2.40. The second kappa shape index (κ2) is 12.2. The molecule has 12 heteroatoms. The van der Waals surface area contributed by atoms with E-state index in [-0.39, 0.29) is 18.4 Å². The summed E-state index contributed by atoms with van der Waals surface area (Å²) < 4.78 is 44.0. The van der Waals surface area contributed by atoms with Gasteiger partial charge in [-0.15, -0.1) is 0 Å². The number of carboxylic acids is 1.